The molecule has 0 saturated carbocycles. The monoisotopic (exact) mass is 358 g/mol. The molecule has 2 aromatic carbocycles. The van der Waals surface area contributed by atoms with Crippen LogP contribution in [0.4, 0.5) is 0 Å². The number of rotatable bonds is 8. The fourth-order valence-electron chi connectivity index (χ4n) is 2.47. The largest absolute Gasteiger partial charge is 0.493 e. The number of hydrogen-bond donors (Lipinski definition) is 1. The standard InChI is InChI=1S/C19H22N2O5/c1-23-15-11-10-14(16(24-2)18(15)26-4)12-20-21-19(22)17(25-3)13-8-6-5-7-9-13/h5-12,17H,1-4H3,(H,21,22). The Hall–Kier alpha value is -3.06. The Bertz CT molecular complexity index is 762. The summed E-state index contributed by atoms with van der Waals surface area (Å²) in [7, 11) is 6.05. The van der Waals surface area contributed by atoms with E-state index in [4.69, 9.17) is 18.9 Å². The lowest BCUT2D eigenvalue weighted by Gasteiger charge is -2.14. The number of amides is 1. The van der Waals surface area contributed by atoms with Gasteiger partial charge in [-0.25, -0.2) is 5.43 Å². The zero-order chi connectivity index (χ0) is 18.9. The van der Waals surface area contributed by atoms with Crippen LogP contribution in [0.3, 0.4) is 0 Å². The van der Waals surface area contributed by atoms with Gasteiger partial charge < -0.3 is 18.9 Å². The summed E-state index contributed by atoms with van der Waals surface area (Å²) in [5.41, 5.74) is 3.84. The molecule has 1 N–H and O–H groups in total. The average Bonchev–Trinajstić information content (AvgIpc) is 2.68. The Morgan fingerprint density at radius 2 is 1.65 bits per heavy atom. The van der Waals surface area contributed by atoms with Crippen LogP contribution in [0.2, 0.25) is 0 Å². The quantitative estimate of drug-likeness (QED) is 0.580. The van der Waals surface area contributed by atoms with Crippen LogP contribution in [0.5, 0.6) is 17.2 Å². The van der Waals surface area contributed by atoms with E-state index in [1.807, 2.05) is 30.3 Å². The molecule has 1 unspecified atom stereocenters. The smallest absolute Gasteiger partial charge is 0.273 e. The number of hydrogen-bond acceptors (Lipinski definition) is 6. The Morgan fingerprint density at radius 1 is 0.962 bits per heavy atom. The first-order valence-corrected chi connectivity index (χ1v) is 7.85. The predicted octanol–water partition coefficient (Wildman–Crippen LogP) is 2.55. The molecule has 0 saturated heterocycles. The summed E-state index contributed by atoms with van der Waals surface area (Å²) in [5, 5.41) is 3.99. The van der Waals surface area contributed by atoms with Crippen LogP contribution in [0.1, 0.15) is 17.2 Å². The fraction of sp³-hybridized carbons (Fsp3) is 0.263. The van der Waals surface area contributed by atoms with Crippen LogP contribution in [-0.4, -0.2) is 40.6 Å². The molecule has 138 valence electrons. The number of nitrogens with zero attached hydrogens (tertiary/aromatic N) is 1. The molecule has 1 atom stereocenters. The number of carbonyl (C=O) groups excluding carboxylic acids is 1. The van der Waals surface area contributed by atoms with Gasteiger partial charge >= 0.3 is 0 Å². The molecule has 7 nitrogen and oxygen atoms in total. The molecule has 0 aliphatic heterocycles. The highest BCUT2D eigenvalue weighted by molar-refractivity contribution is 5.88. The van der Waals surface area contributed by atoms with E-state index in [0.29, 0.717) is 22.8 Å². The van der Waals surface area contributed by atoms with E-state index in [9.17, 15) is 4.79 Å². The summed E-state index contributed by atoms with van der Waals surface area (Å²) < 4.78 is 21.2. The third kappa shape index (κ3) is 4.31. The molecule has 7 heteroatoms. The molecule has 0 aliphatic carbocycles. The van der Waals surface area contributed by atoms with Crippen LogP contribution in [0, 0.1) is 0 Å². The van der Waals surface area contributed by atoms with Gasteiger partial charge in [-0.3, -0.25) is 4.79 Å². The van der Waals surface area contributed by atoms with Gasteiger partial charge in [-0.15, -0.1) is 0 Å². The van der Waals surface area contributed by atoms with Gasteiger partial charge in [-0.05, 0) is 17.7 Å². The molecule has 0 radical (unpaired) electrons. The Balaban J connectivity index is 2.16. The van der Waals surface area contributed by atoms with E-state index in [1.165, 1.54) is 27.5 Å². The molecule has 0 bridgehead atoms. The minimum Gasteiger partial charge on any atom is -0.493 e. The first-order chi connectivity index (χ1) is 12.7. The summed E-state index contributed by atoms with van der Waals surface area (Å²) >= 11 is 0. The summed E-state index contributed by atoms with van der Waals surface area (Å²) in [4.78, 5) is 12.3. The summed E-state index contributed by atoms with van der Waals surface area (Å²) in [5.74, 6) is 1.06. The molecule has 0 fully saturated rings. The lowest BCUT2D eigenvalue weighted by molar-refractivity contribution is -0.131. The van der Waals surface area contributed by atoms with Crippen LogP contribution in [0.25, 0.3) is 0 Å². The van der Waals surface area contributed by atoms with E-state index in [0.717, 1.165) is 5.56 Å². The molecule has 0 aromatic heterocycles. The second-order valence-corrected chi connectivity index (χ2v) is 5.18. The van der Waals surface area contributed by atoms with Gasteiger partial charge in [0.15, 0.2) is 17.6 Å². The number of carbonyl (C=O) groups is 1. The van der Waals surface area contributed by atoms with Crippen molar-refractivity contribution in [2.75, 3.05) is 28.4 Å². The van der Waals surface area contributed by atoms with E-state index >= 15 is 0 Å². The first kappa shape index (κ1) is 19.3. The summed E-state index contributed by atoms with van der Waals surface area (Å²) in [6, 6.07) is 12.7. The zero-order valence-corrected chi connectivity index (χ0v) is 15.2. The van der Waals surface area contributed by atoms with E-state index in [-0.39, 0.29) is 5.91 Å². The molecule has 0 heterocycles. The molecular weight excluding hydrogens is 336 g/mol. The van der Waals surface area contributed by atoms with Crippen molar-refractivity contribution in [3.8, 4) is 17.2 Å². The highest BCUT2D eigenvalue weighted by Crippen LogP contribution is 2.38. The highest BCUT2D eigenvalue weighted by atomic mass is 16.5. The van der Waals surface area contributed by atoms with Gasteiger partial charge in [-0.2, -0.15) is 5.10 Å². The zero-order valence-electron chi connectivity index (χ0n) is 15.2. The molecule has 1 amide bonds. The van der Waals surface area contributed by atoms with Gasteiger partial charge in [0.2, 0.25) is 5.75 Å². The minimum atomic E-state index is -0.749. The van der Waals surface area contributed by atoms with Crippen molar-refractivity contribution >= 4 is 12.1 Å². The predicted molar refractivity (Wildman–Crippen MR) is 98.0 cm³/mol. The number of nitrogens with one attached hydrogen (secondary N) is 1. The Morgan fingerprint density at radius 3 is 2.23 bits per heavy atom. The van der Waals surface area contributed by atoms with E-state index < -0.39 is 6.10 Å². The van der Waals surface area contributed by atoms with Gasteiger partial charge in [0.25, 0.3) is 5.91 Å². The van der Waals surface area contributed by atoms with Gasteiger partial charge in [0.05, 0.1) is 27.5 Å². The highest BCUT2D eigenvalue weighted by Gasteiger charge is 2.19. The van der Waals surface area contributed by atoms with Gasteiger partial charge in [0.1, 0.15) is 0 Å². The average molecular weight is 358 g/mol. The number of hydrazone groups is 1. The second-order valence-electron chi connectivity index (χ2n) is 5.18. The maximum absolute atomic E-state index is 12.3. The van der Waals surface area contributed by atoms with Gasteiger partial charge in [0, 0.05) is 12.7 Å². The lowest BCUT2D eigenvalue weighted by Crippen LogP contribution is -2.26. The van der Waals surface area contributed by atoms with Crippen molar-refractivity contribution in [1.82, 2.24) is 5.43 Å². The maximum Gasteiger partial charge on any atom is 0.273 e. The summed E-state index contributed by atoms with van der Waals surface area (Å²) in [6.07, 6.45) is 0.719. The van der Waals surface area contributed by atoms with E-state index in [1.54, 1.807) is 19.2 Å². The normalized spacial score (nSPS) is 11.8. The lowest BCUT2D eigenvalue weighted by atomic mass is 10.1. The number of benzene rings is 2. The Labute approximate surface area is 152 Å². The molecule has 26 heavy (non-hydrogen) atoms. The minimum absolute atomic E-state index is 0.380. The molecule has 2 aromatic rings. The van der Waals surface area contributed by atoms with Crippen molar-refractivity contribution in [2.45, 2.75) is 6.10 Å². The third-order valence-corrected chi connectivity index (χ3v) is 3.69. The van der Waals surface area contributed by atoms with Crippen molar-refractivity contribution < 1.29 is 23.7 Å². The molecular formula is C19H22N2O5. The van der Waals surface area contributed by atoms with Crippen molar-refractivity contribution in [1.29, 1.82) is 0 Å². The molecule has 2 rings (SSSR count). The molecule has 0 aliphatic rings. The van der Waals surface area contributed by atoms with Crippen LogP contribution in [-0.2, 0) is 9.53 Å². The SMILES string of the molecule is COc1ccc(C=NNC(=O)C(OC)c2ccccc2)c(OC)c1OC. The number of methoxy groups -OCH3 is 4. The van der Waals surface area contributed by atoms with Crippen molar-refractivity contribution in [3.63, 3.8) is 0 Å². The maximum atomic E-state index is 12.3. The Kier molecular flexibility index (Phi) is 6.99. The van der Waals surface area contributed by atoms with Gasteiger partial charge in [-0.1, -0.05) is 30.3 Å². The number of ether oxygens (including phenoxy) is 4. The van der Waals surface area contributed by atoms with Crippen molar-refractivity contribution in [2.24, 2.45) is 5.10 Å². The van der Waals surface area contributed by atoms with Crippen LogP contribution in [0.15, 0.2) is 47.6 Å². The topological polar surface area (TPSA) is 78.4 Å². The fourth-order valence-corrected chi connectivity index (χ4v) is 2.47. The third-order valence-electron chi connectivity index (χ3n) is 3.69. The summed E-state index contributed by atoms with van der Waals surface area (Å²) in [6.45, 7) is 0. The van der Waals surface area contributed by atoms with Crippen LogP contribution < -0.4 is 19.6 Å². The van der Waals surface area contributed by atoms with Crippen molar-refractivity contribution in [3.05, 3.63) is 53.6 Å². The molecule has 0 spiro atoms. The second kappa shape index (κ2) is 9.43. The van der Waals surface area contributed by atoms with E-state index in [2.05, 4.69) is 10.5 Å². The van der Waals surface area contributed by atoms with Crippen LogP contribution >= 0.6 is 0 Å². The first-order valence-electron chi connectivity index (χ1n) is 7.85.